The minimum Gasteiger partial charge on any atom is -0.423 e. The predicted molar refractivity (Wildman–Crippen MR) is 61.5 cm³/mol. The summed E-state index contributed by atoms with van der Waals surface area (Å²) in [6.07, 6.45) is 2.07. The zero-order valence-corrected chi connectivity index (χ0v) is 9.10. The summed E-state index contributed by atoms with van der Waals surface area (Å²) >= 11 is 0. The zero-order valence-electron chi connectivity index (χ0n) is 9.10. The molecule has 0 heterocycles. The Balaban J connectivity index is 2.20. The van der Waals surface area contributed by atoms with Gasteiger partial charge >= 0.3 is 7.12 Å². The Morgan fingerprint density at radius 1 is 1.44 bits per heavy atom. The summed E-state index contributed by atoms with van der Waals surface area (Å²) in [6, 6.07) is 5.24. The van der Waals surface area contributed by atoms with E-state index in [1.807, 2.05) is 0 Å². The standard InChI is InChI=1S/C11H14BNO3/c1-7-2-3-8(6-10(7)12(15)16)11(14)13-9-4-5-9/h2-3,6,9,15-16H,4-5H2,1H3,(H,13,14). The Hall–Kier alpha value is -1.33. The quantitative estimate of drug-likeness (QED) is 0.604. The molecule has 1 saturated carbocycles. The van der Waals surface area contributed by atoms with Crippen LogP contribution < -0.4 is 10.8 Å². The van der Waals surface area contributed by atoms with E-state index >= 15 is 0 Å². The van der Waals surface area contributed by atoms with Crippen molar-refractivity contribution in [3.05, 3.63) is 29.3 Å². The monoisotopic (exact) mass is 219 g/mol. The molecule has 0 atom stereocenters. The van der Waals surface area contributed by atoms with Crippen molar-refractivity contribution in [1.29, 1.82) is 0 Å². The van der Waals surface area contributed by atoms with Gasteiger partial charge in [-0.1, -0.05) is 11.6 Å². The van der Waals surface area contributed by atoms with E-state index in [0.717, 1.165) is 18.4 Å². The van der Waals surface area contributed by atoms with Gasteiger partial charge in [0.15, 0.2) is 0 Å². The van der Waals surface area contributed by atoms with Crippen LogP contribution in [0.2, 0.25) is 0 Å². The third-order valence-corrected chi connectivity index (χ3v) is 2.73. The maximum absolute atomic E-state index is 11.7. The van der Waals surface area contributed by atoms with E-state index in [-0.39, 0.29) is 5.91 Å². The number of amides is 1. The van der Waals surface area contributed by atoms with Gasteiger partial charge in [0.2, 0.25) is 0 Å². The van der Waals surface area contributed by atoms with Crippen molar-refractivity contribution in [1.82, 2.24) is 5.32 Å². The van der Waals surface area contributed by atoms with Gasteiger partial charge < -0.3 is 15.4 Å². The van der Waals surface area contributed by atoms with E-state index in [9.17, 15) is 4.79 Å². The molecule has 3 N–H and O–H groups in total. The van der Waals surface area contributed by atoms with Crippen LogP contribution in [0.3, 0.4) is 0 Å². The number of rotatable bonds is 3. The third kappa shape index (κ3) is 2.43. The number of carbonyl (C=O) groups is 1. The fourth-order valence-corrected chi connectivity index (χ4v) is 1.56. The molecule has 0 bridgehead atoms. The normalized spacial score (nSPS) is 14.7. The lowest BCUT2D eigenvalue weighted by molar-refractivity contribution is 0.0951. The first-order valence-electron chi connectivity index (χ1n) is 5.35. The molecule has 0 saturated heterocycles. The second-order valence-corrected chi connectivity index (χ2v) is 4.19. The predicted octanol–water partition coefficient (Wildman–Crippen LogP) is -0.433. The average Bonchev–Trinajstić information content (AvgIpc) is 3.01. The molecule has 1 aromatic rings. The van der Waals surface area contributed by atoms with Crippen molar-refractivity contribution in [2.24, 2.45) is 0 Å². The second-order valence-electron chi connectivity index (χ2n) is 4.19. The van der Waals surface area contributed by atoms with Crippen molar-refractivity contribution >= 4 is 18.5 Å². The average molecular weight is 219 g/mol. The topological polar surface area (TPSA) is 69.6 Å². The molecule has 0 radical (unpaired) electrons. The molecule has 4 nitrogen and oxygen atoms in total. The first-order chi connectivity index (χ1) is 7.58. The Morgan fingerprint density at radius 2 is 2.12 bits per heavy atom. The molecule has 1 aliphatic carbocycles. The number of hydrogen-bond donors (Lipinski definition) is 3. The fraction of sp³-hybridized carbons (Fsp3) is 0.364. The van der Waals surface area contributed by atoms with Crippen LogP contribution in [0.1, 0.15) is 28.8 Å². The fourth-order valence-electron chi connectivity index (χ4n) is 1.56. The first-order valence-corrected chi connectivity index (χ1v) is 5.35. The first kappa shape index (κ1) is 11.2. The van der Waals surface area contributed by atoms with Crippen molar-refractivity contribution in [3.63, 3.8) is 0 Å². The highest BCUT2D eigenvalue weighted by Gasteiger charge is 2.24. The highest BCUT2D eigenvalue weighted by molar-refractivity contribution is 6.59. The van der Waals surface area contributed by atoms with Gasteiger partial charge in [-0.15, -0.1) is 0 Å². The maximum atomic E-state index is 11.7. The molecule has 1 amide bonds. The number of benzene rings is 1. The van der Waals surface area contributed by atoms with Crippen molar-refractivity contribution in [2.75, 3.05) is 0 Å². The van der Waals surface area contributed by atoms with Crippen LogP contribution in [-0.2, 0) is 0 Å². The lowest BCUT2D eigenvalue weighted by Crippen LogP contribution is -2.34. The maximum Gasteiger partial charge on any atom is 0.488 e. The minimum absolute atomic E-state index is 0.149. The van der Waals surface area contributed by atoms with Crippen LogP contribution in [0.25, 0.3) is 0 Å². The Morgan fingerprint density at radius 3 is 2.69 bits per heavy atom. The van der Waals surface area contributed by atoms with E-state index < -0.39 is 7.12 Å². The molecule has 2 rings (SSSR count). The largest absolute Gasteiger partial charge is 0.488 e. The van der Waals surface area contributed by atoms with E-state index in [2.05, 4.69) is 5.32 Å². The molecule has 5 heteroatoms. The summed E-state index contributed by atoms with van der Waals surface area (Å²) in [5.41, 5.74) is 1.61. The SMILES string of the molecule is Cc1ccc(C(=O)NC2CC2)cc1B(O)O. The highest BCUT2D eigenvalue weighted by Crippen LogP contribution is 2.19. The van der Waals surface area contributed by atoms with Crippen molar-refractivity contribution in [2.45, 2.75) is 25.8 Å². The second kappa shape index (κ2) is 4.27. The van der Waals surface area contributed by atoms with Crippen LogP contribution in [0.5, 0.6) is 0 Å². The lowest BCUT2D eigenvalue weighted by atomic mass is 9.76. The summed E-state index contributed by atoms with van der Waals surface area (Å²) in [4.78, 5) is 11.7. The van der Waals surface area contributed by atoms with Crippen molar-refractivity contribution in [3.8, 4) is 0 Å². The number of nitrogens with one attached hydrogen (secondary N) is 1. The van der Waals surface area contributed by atoms with Crippen LogP contribution in [0.4, 0.5) is 0 Å². The molecule has 0 aliphatic heterocycles. The van der Waals surface area contributed by atoms with Crippen LogP contribution in [0.15, 0.2) is 18.2 Å². The van der Waals surface area contributed by atoms with Gasteiger partial charge in [-0.05, 0) is 37.4 Å². The molecule has 1 aliphatic rings. The van der Waals surface area contributed by atoms with E-state index in [1.54, 1.807) is 19.1 Å². The molecule has 1 aromatic carbocycles. The van der Waals surface area contributed by atoms with Gasteiger partial charge in [-0.25, -0.2) is 0 Å². The minimum atomic E-state index is -1.53. The Bertz CT molecular complexity index is 416. The van der Waals surface area contributed by atoms with Gasteiger partial charge in [0.1, 0.15) is 0 Å². The zero-order chi connectivity index (χ0) is 11.7. The molecule has 16 heavy (non-hydrogen) atoms. The molecular weight excluding hydrogens is 205 g/mol. The van der Waals surface area contributed by atoms with Gasteiger partial charge in [-0.3, -0.25) is 4.79 Å². The number of carbonyl (C=O) groups excluding carboxylic acids is 1. The Labute approximate surface area is 94.4 Å². The summed E-state index contributed by atoms with van der Waals surface area (Å²) in [6.45, 7) is 1.78. The summed E-state index contributed by atoms with van der Waals surface area (Å²) in [7, 11) is -1.53. The van der Waals surface area contributed by atoms with E-state index in [0.29, 0.717) is 17.1 Å². The van der Waals surface area contributed by atoms with Crippen molar-refractivity contribution < 1.29 is 14.8 Å². The smallest absolute Gasteiger partial charge is 0.423 e. The van der Waals surface area contributed by atoms with Gasteiger partial charge in [-0.2, -0.15) is 0 Å². The third-order valence-electron chi connectivity index (χ3n) is 2.73. The molecule has 84 valence electrons. The summed E-state index contributed by atoms with van der Waals surface area (Å²) in [5, 5.41) is 21.1. The molecular formula is C11H14BNO3. The lowest BCUT2D eigenvalue weighted by Gasteiger charge is -2.08. The molecule has 1 fully saturated rings. The van der Waals surface area contributed by atoms with Crippen LogP contribution in [0, 0.1) is 6.92 Å². The number of aryl methyl sites for hydroxylation is 1. The van der Waals surface area contributed by atoms with Crippen LogP contribution >= 0.6 is 0 Å². The molecule has 0 unspecified atom stereocenters. The number of hydrogen-bond acceptors (Lipinski definition) is 3. The summed E-state index contributed by atoms with van der Waals surface area (Å²) < 4.78 is 0. The Kier molecular flexibility index (Phi) is 2.98. The van der Waals surface area contributed by atoms with Crippen LogP contribution in [-0.4, -0.2) is 29.1 Å². The van der Waals surface area contributed by atoms with Gasteiger partial charge in [0, 0.05) is 11.6 Å². The molecule has 0 spiro atoms. The van der Waals surface area contributed by atoms with E-state index in [4.69, 9.17) is 10.0 Å². The van der Waals surface area contributed by atoms with E-state index in [1.165, 1.54) is 6.07 Å². The summed E-state index contributed by atoms with van der Waals surface area (Å²) in [5.74, 6) is -0.149. The highest BCUT2D eigenvalue weighted by atomic mass is 16.4. The molecule has 0 aromatic heterocycles. The van der Waals surface area contributed by atoms with Gasteiger partial charge in [0.25, 0.3) is 5.91 Å². The van der Waals surface area contributed by atoms with Gasteiger partial charge in [0.05, 0.1) is 0 Å².